The first-order valence-electron chi connectivity index (χ1n) is 18.8. The molecule has 49 heavy (non-hydrogen) atoms. The summed E-state index contributed by atoms with van der Waals surface area (Å²) in [4.78, 5) is 19.6. The fourth-order valence-electron chi connectivity index (χ4n) is 6.88. The van der Waals surface area contributed by atoms with Crippen LogP contribution >= 0.6 is 11.8 Å². The highest BCUT2D eigenvalue weighted by atomic mass is 32.2. The normalized spacial score (nSPS) is 17.0. The predicted octanol–water partition coefficient (Wildman–Crippen LogP) is 11.2. The molecule has 2 aromatic rings. The number of esters is 1. The molecule has 270 valence electrons. The quantitative estimate of drug-likeness (QED) is 0.0666. The van der Waals surface area contributed by atoms with Crippen LogP contribution in [0, 0.1) is 0 Å². The van der Waals surface area contributed by atoms with Crippen LogP contribution in [0.4, 0.5) is 13.2 Å². The molecule has 4 nitrogen and oxygen atoms in total. The van der Waals surface area contributed by atoms with Gasteiger partial charge < -0.3 is 9.64 Å². The number of fused-ring (bicyclic) bond motifs is 2. The zero-order chi connectivity index (χ0) is 34.9. The number of benzene rings is 2. The van der Waals surface area contributed by atoms with Gasteiger partial charge in [0.2, 0.25) is 0 Å². The fraction of sp³-hybridized carbons (Fsp3) is 0.585. The van der Waals surface area contributed by atoms with Crippen LogP contribution in [0.3, 0.4) is 0 Å². The van der Waals surface area contributed by atoms with Crippen molar-refractivity contribution < 1.29 is 22.7 Å². The summed E-state index contributed by atoms with van der Waals surface area (Å²) in [5, 5.41) is 0. The van der Waals surface area contributed by atoms with Crippen molar-refractivity contribution in [3.05, 3.63) is 77.4 Å². The summed E-state index contributed by atoms with van der Waals surface area (Å²) in [6.45, 7) is 8.66. The first kappa shape index (κ1) is 39.2. The van der Waals surface area contributed by atoms with E-state index >= 15 is 0 Å². The zero-order valence-electron chi connectivity index (χ0n) is 29.7. The summed E-state index contributed by atoms with van der Waals surface area (Å²) in [5.41, 5.74) is 1.90. The highest BCUT2D eigenvalue weighted by Crippen LogP contribution is 2.47. The van der Waals surface area contributed by atoms with Gasteiger partial charge in [0.15, 0.2) is 0 Å². The second-order valence-corrected chi connectivity index (χ2v) is 14.5. The van der Waals surface area contributed by atoms with Crippen LogP contribution in [-0.4, -0.2) is 61.1 Å². The lowest BCUT2D eigenvalue weighted by atomic mass is 9.94. The highest BCUT2D eigenvalue weighted by molar-refractivity contribution is 7.99. The maximum absolute atomic E-state index is 13.6. The molecule has 0 aromatic heterocycles. The lowest BCUT2D eigenvalue weighted by Gasteiger charge is -2.38. The Morgan fingerprint density at radius 3 is 2.16 bits per heavy atom. The van der Waals surface area contributed by atoms with E-state index in [-0.39, 0.29) is 12.0 Å². The lowest BCUT2D eigenvalue weighted by molar-refractivity contribution is -0.150. The van der Waals surface area contributed by atoms with Crippen LogP contribution in [0.2, 0.25) is 0 Å². The molecular weight excluding hydrogens is 642 g/mol. The van der Waals surface area contributed by atoms with E-state index in [1.807, 2.05) is 31.2 Å². The van der Waals surface area contributed by atoms with Crippen LogP contribution in [0.25, 0.3) is 5.57 Å². The first-order chi connectivity index (χ1) is 23.8. The van der Waals surface area contributed by atoms with E-state index in [1.54, 1.807) is 6.07 Å². The van der Waals surface area contributed by atoms with Crippen LogP contribution in [-0.2, 0) is 15.7 Å². The van der Waals surface area contributed by atoms with Gasteiger partial charge in [0, 0.05) is 42.5 Å². The molecule has 0 aliphatic carbocycles. The molecule has 1 unspecified atom stereocenters. The van der Waals surface area contributed by atoms with Crippen LogP contribution in [0.5, 0.6) is 0 Å². The summed E-state index contributed by atoms with van der Waals surface area (Å²) in [6.07, 6.45) is 18.9. The number of alkyl halides is 3. The summed E-state index contributed by atoms with van der Waals surface area (Å²) < 4.78 is 46.3. The fourth-order valence-corrected chi connectivity index (χ4v) is 7.96. The molecule has 4 rings (SSSR count). The molecule has 1 saturated heterocycles. The Labute approximate surface area is 297 Å². The smallest absolute Gasteiger partial charge is 0.416 e. The van der Waals surface area contributed by atoms with Crippen LogP contribution in [0.1, 0.15) is 120 Å². The Kier molecular flexibility index (Phi) is 16.8. The third-order valence-electron chi connectivity index (χ3n) is 9.68. The van der Waals surface area contributed by atoms with Crippen molar-refractivity contribution in [3.8, 4) is 0 Å². The van der Waals surface area contributed by atoms with Gasteiger partial charge in [-0.1, -0.05) is 106 Å². The van der Waals surface area contributed by atoms with Crippen molar-refractivity contribution in [3.63, 3.8) is 0 Å². The molecule has 0 radical (unpaired) electrons. The number of nitrogens with zero attached hydrogens (tertiary/aromatic N) is 2. The maximum Gasteiger partial charge on any atom is 0.416 e. The molecule has 1 atom stereocenters. The van der Waals surface area contributed by atoms with E-state index in [4.69, 9.17) is 4.74 Å². The van der Waals surface area contributed by atoms with Gasteiger partial charge in [-0.05, 0) is 86.4 Å². The van der Waals surface area contributed by atoms with E-state index in [0.717, 1.165) is 85.8 Å². The second-order valence-electron chi connectivity index (χ2n) is 13.4. The molecule has 2 heterocycles. The number of unbranched alkanes of at least 4 members (excludes halogenated alkanes) is 10. The van der Waals surface area contributed by atoms with E-state index < -0.39 is 11.7 Å². The number of carbonyl (C=O) groups excluding carboxylic acids is 1. The minimum absolute atomic E-state index is 0.107. The van der Waals surface area contributed by atoms with Gasteiger partial charge in [-0.3, -0.25) is 9.69 Å². The Hall–Kier alpha value is -2.55. The van der Waals surface area contributed by atoms with Gasteiger partial charge in [0.05, 0.1) is 12.2 Å². The minimum atomic E-state index is -4.38. The van der Waals surface area contributed by atoms with E-state index in [2.05, 4.69) is 35.0 Å². The number of halogens is 3. The molecule has 2 aliphatic rings. The first-order valence-corrected chi connectivity index (χ1v) is 19.6. The molecular formula is C41H57F3N2O2S. The minimum Gasteiger partial charge on any atom is -0.465 e. The van der Waals surface area contributed by atoms with Gasteiger partial charge in [-0.25, -0.2) is 0 Å². The molecule has 0 spiro atoms. The standard InChI is InChI=1S/C41H57F3N2O2S/c1-3-5-6-7-8-9-10-11-12-13-14-15-16-17-23-37(40(47)48-4-2)46-30-28-45(29-31-46)27-20-22-34-35-21-18-19-24-38(35)49-39-26-25-33(32-36(34)39)41(42,43)44/h11-12,18-19,21-22,24-26,32,37H,3-10,13-17,20,23,27-31H2,1-2H3/b12-11-,34-22-. The molecule has 0 N–H and O–H groups in total. The second kappa shape index (κ2) is 21.0. The molecule has 2 aliphatic heterocycles. The summed E-state index contributed by atoms with van der Waals surface area (Å²) in [5.74, 6) is -0.107. The molecule has 8 heteroatoms. The van der Waals surface area contributed by atoms with Gasteiger partial charge >= 0.3 is 12.1 Å². The average Bonchev–Trinajstić information content (AvgIpc) is 3.09. The Balaban J connectivity index is 1.21. The third kappa shape index (κ3) is 12.6. The SMILES string of the molecule is CCCCCCCC/C=C\CCCCCCC(C(=O)OCC)N1CCN(CC/C=C2/c3ccccc3Sc3ccc(C(F)(F)F)cc32)CC1. The van der Waals surface area contributed by atoms with Crippen molar-refractivity contribution in [2.24, 2.45) is 0 Å². The number of allylic oxidation sites excluding steroid dienone is 2. The predicted molar refractivity (Wildman–Crippen MR) is 197 cm³/mol. The van der Waals surface area contributed by atoms with Gasteiger partial charge in [0.25, 0.3) is 0 Å². The summed E-state index contributed by atoms with van der Waals surface area (Å²) >= 11 is 1.53. The molecule has 0 bridgehead atoms. The third-order valence-corrected chi connectivity index (χ3v) is 10.8. The number of hydrogen-bond acceptors (Lipinski definition) is 5. The number of hydrogen-bond donors (Lipinski definition) is 0. The Morgan fingerprint density at radius 1 is 0.816 bits per heavy atom. The summed E-state index contributed by atoms with van der Waals surface area (Å²) in [7, 11) is 0. The Bertz CT molecular complexity index is 1350. The number of ether oxygens (including phenoxy) is 1. The topological polar surface area (TPSA) is 32.8 Å². The van der Waals surface area contributed by atoms with Crippen molar-refractivity contribution in [2.45, 2.75) is 126 Å². The molecule has 1 fully saturated rings. The highest BCUT2D eigenvalue weighted by Gasteiger charge is 2.33. The van der Waals surface area contributed by atoms with Gasteiger partial charge in [-0.15, -0.1) is 0 Å². The van der Waals surface area contributed by atoms with E-state index in [1.165, 1.54) is 81.7 Å². The van der Waals surface area contributed by atoms with Crippen molar-refractivity contribution >= 4 is 23.3 Å². The monoisotopic (exact) mass is 698 g/mol. The van der Waals surface area contributed by atoms with Crippen LogP contribution in [0.15, 0.2) is 70.5 Å². The van der Waals surface area contributed by atoms with Crippen LogP contribution < -0.4 is 0 Å². The largest absolute Gasteiger partial charge is 0.465 e. The lowest BCUT2D eigenvalue weighted by Crippen LogP contribution is -2.53. The molecule has 2 aromatic carbocycles. The molecule has 0 saturated carbocycles. The molecule has 0 amide bonds. The zero-order valence-corrected chi connectivity index (χ0v) is 30.6. The van der Waals surface area contributed by atoms with Gasteiger partial charge in [-0.2, -0.15) is 13.2 Å². The number of piperazine rings is 1. The van der Waals surface area contributed by atoms with E-state index in [9.17, 15) is 18.0 Å². The van der Waals surface area contributed by atoms with Crippen molar-refractivity contribution in [2.75, 3.05) is 39.3 Å². The average molecular weight is 699 g/mol. The Morgan fingerprint density at radius 2 is 1.47 bits per heavy atom. The van der Waals surface area contributed by atoms with Gasteiger partial charge in [0.1, 0.15) is 6.04 Å². The number of rotatable bonds is 20. The maximum atomic E-state index is 13.6. The summed E-state index contributed by atoms with van der Waals surface area (Å²) in [6, 6.07) is 11.8. The van der Waals surface area contributed by atoms with Crippen molar-refractivity contribution in [1.82, 2.24) is 9.80 Å². The van der Waals surface area contributed by atoms with E-state index in [0.29, 0.717) is 12.2 Å². The number of carbonyl (C=O) groups is 1. The van der Waals surface area contributed by atoms with Crippen molar-refractivity contribution in [1.29, 1.82) is 0 Å².